The van der Waals surface area contributed by atoms with Gasteiger partial charge >= 0.3 is 5.69 Å². The van der Waals surface area contributed by atoms with E-state index in [4.69, 9.17) is 0 Å². The third-order valence-electron chi connectivity index (χ3n) is 4.39. The van der Waals surface area contributed by atoms with Crippen LogP contribution in [0.3, 0.4) is 0 Å². The zero-order chi connectivity index (χ0) is 15.0. The SMILES string of the molecule is CCc1c(C)sc2[nH]c(=O)n(CC3CCNCC3)c(=O)c12. The molecule has 0 saturated carbocycles. The number of aromatic amines is 1. The first-order valence-corrected chi connectivity index (χ1v) is 8.39. The van der Waals surface area contributed by atoms with Gasteiger partial charge in [-0.1, -0.05) is 6.92 Å². The molecule has 0 aliphatic carbocycles. The summed E-state index contributed by atoms with van der Waals surface area (Å²) in [6.45, 7) is 6.53. The summed E-state index contributed by atoms with van der Waals surface area (Å²) in [5.74, 6) is 0.410. The van der Waals surface area contributed by atoms with E-state index < -0.39 is 0 Å². The molecule has 1 fully saturated rings. The van der Waals surface area contributed by atoms with E-state index in [1.54, 1.807) is 0 Å². The average molecular weight is 307 g/mol. The molecule has 114 valence electrons. The Morgan fingerprint density at radius 3 is 2.67 bits per heavy atom. The van der Waals surface area contributed by atoms with Gasteiger partial charge in [-0.3, -0.25) is 14.3 Å². The Hall–Kier alpha value is -1.40. The van der Waals surface area contributed by atoms with Gasteiger partial charge in [-0.2, -0.15) is 0 Å². The topological polar surface area (TPSA) is 66.9 Å². The van der Waals surface area contributed by atoms with E-state index in [9.17, 15) is 9.59 Å². The monoisotopic (exact) mass is 307 g/mol. The molecule has 0 amide bonds. The molecule has 1 aliphatic heterocycles. The minimum absolute atomic E-state index is 0.117. The highest BCUT2D eigenvalue weighted by Gasteiger charge is 2.19. The van der Waals surface area contributed by atoms with Gasteiger partial charge in [0.1, 0.15) is 4.83 Å². The van der Waals surface area contributed by atoms with Crippen molar-refractivity contribution in [2.45, 2.75) is 39.7 Å². The number of H-pyrrole nitrogens is 1. The van der Waals surface area contributed by atoms with E-state index in [2.05, 4.69) is 17.2 Å². The molecule has 3 heterocycles. The molecule has 0 aromatic carbocycles. The van der Waals surface area contributed by atoms with Crippen LogP contribution in [-0.2, 0) is 13.0 Å². The Labute approximate surface area is 127 Å². The van der Waals surface area contributed by atoms with Crippen LogP contribution in [0.2, 0.25) is 0 Å². The number of aromatic nitrogens is 2. The van der Waals surface area contributed by atoms with Crippen LogP contribution in [0.1, 0.15) is 30.2 Å². The molecule has 3 rings (SSSR count). The van der Waals surface area contributed by atoms with E-state index in [1.165, 1.54) is 15.9 Å². The zero-order valence-electron chi connectivity index (χ0n) is 12.5. The lowest BCUT2D eigenvalue weighted by molar-refractivity contribution is 0.325. The van der Waals surface area contributed by atoms with Gasteiger partial charge in [-0.25, -0.2) is 4.79 Å². The molecule has 0 unspecified atom stereocenters. The molecule has 6 heteroatoms. The van der Waals surface area contributed by atoms with Gasteiger partial charge < -0.3 is 5.32 Å². The Bertz CT molecular complexity index is 766. The van der Waals surface area contributed by atoms with E-state index in [-0.39, 0.29) is 11.2 Å². The van der Waals surface area contributed by atoms with Gasteiger partial charge in [-0.15, -0.1) is 11.3 Å². The second kappa shape index (κ2) is 5.77. The number of aryl methyl sites for hydroxylation is 2. The number of nitrogens with one attached hydrogen (secondary N) is 2. The van der Waals surface area contributed by atoms with Crippen LogP contribution in [0.15, 0.2) is 9.59 Å². The lowest BCUT2D eigenvalue weighted by Crippen LogP contribution is -2.39. The predicted molar refractivity (Wildman–Crippen MR) is 86.4 cm³/mol. The van der Waals surface area contributed by atoms with Gasteiger partial charge in [0, 0.05) is 11.4 Å². The normalized spacial score (nSPS) is 16.7. The molecule has 0 atom stereocenters. The average Bonchev–Trinajstić information content (AvgIpc) is 2.80. The molecule has 2 aromatic rings. The summed E-state index contributed by atoms with van der Waals surface area (Å²) in [5, 5.41) is 4.03. The van der Waals surface area contributed by atoms with E-state index in [0.717, 1.165) is 47.6 Å². The van der Waals surface area contributed by atoms with Crippen molar-refractivity contribution in [3.8, 4) is 0 Å². The fraction of sp³-hybridized carbons (Fsp3) is 0.600. The van der Waals surface area contributed by atoms with Gasteiger partial charge in [0.15, 0.2) is 0 Å². The highest BCUT2D eigenvalue weighted by molar-refractivity contribution is 7.18. The second-order valence-electron chi connectivity index (χ2n) is 5.73. The third kappa shape index (κ3) is 2.58. The van der Waals surface area contributed by atoms with Crippen LogP contribution >= 0.6 is 11.3 Å². The fourth-order valence-corrected chi connectivity index (χ4v) is 4.33. The largest absolute Gasteiger partial charge is 0.329 e. The molecule has 0 bridgehead atoms. The maximum atomic E-state index is 12.8. The lowest BCUT2D eigenvalue weighted by Gasteiger charge is -2.22. The van der Waals surface area contributed by atoms with E-state index >= 15 is 0 Å². The molecule has 1 aliphatic rings. The van der Waals surface area contributed by atoms with E-state index in [0.29, 0.717) is 17.8 Å². The van der Waals surface area contributed by atoms with E-state index in [1.807, 2.05) is 6.92 Å². The summed E-state index contributed by atoms with van der Waals surface area (Å²) < 4.78 is 1.41. The lowest BCUT2D eigenvalue weighted by atomic mass is 9.98. The molecule has 2 N–H and O–H groups in total. The van der Waals surface area contributed by atoms with Gasteiger partial charge in [-0.05, 0) is 50.8 Å². The van der Waals surface area contributed by atoms with Crippen LogP contribution in [0, 0.1) is 12.8 Å². The van der Waals surface area contributed by atoms with Crippen LogP contribution < -0.4 is 16.6 Å². The highest BCUT2D eigenvalue weighted by Crippen LogP contribution is 2.26. The Morgan fingerprint density at radius 2 is 2.00 bits per heavy atom. The maximum Gasteiger partial charge on any atom is 0.329 e. The fourth-order valence-electron chi connectivity index (χ4n) is 3.20. The summed E-state index contributed by atoms with van der Waals surface area (Å²) in [4.78, 5) is 29.7. The van der Waals surface area contributed by atoms with Crippen molar-refractivity contribution in [2.24, 2.45) is 5.92 Å². The van der Waals surface area contributed by atoms with Crippen LogP contribution in [0.5, 0.6) is 0 Å². The van der Waals surface area contributed by atoms with Crippen molar-refractivity contribution in [3.05, 3.63) is 31.3 Å². The van der Waals surface area contributed by atoms with Crippen LogP contribution in [0.25, 0.3) is 10.2 Å². The number of hydrogen-bond donors (Lipinski definition) is 2. The summed E-state index contributed by atoms with van der Waals surface area (Å²) in [5.41, 5.74) is 0.693. The molecule has 0 radical (unpaired) electrons. The molecular formula is C15H21N3O2S. The van der Waals surface area contributed by atoms with Crippen LogP contribution in [0.4, 0.5) is 0 Å². The summed E-state index contributed by atoms with van der Waals surface area (Å²) in [6, 6.07) is 0. The molecule has 21 heavy (non-hydrogen) atoms. The minimum atomic E-state index is -0.269. The number of piperidine rings is 1. The summed E-state index contributed by atoms with van der Waals surface area (Å²) in [6.07, 6.45) is 2.86. The molecule has 1 saturated heterocycles. The third-order valence-corrected chi connectivity index (χ3v) is 5.45. The first-order valence-electron chi connectivity index (χ1n) is 7.57. The smallest absolute Gasteiger partial charge is 0.317 e. The number of rotatable bonds is 3. The van der Waals surface area contributed by atoms with Crippen molar-refractivity contribution in [1.29, 1.82) is 0 Å². The van der Waals surface area contributed by atoms with Crippen molar-refractivity contribution >= 4 is 21.6 Å². The highest BCUT2D eigenvalue weighted by atomic mass is 32.1. The van der Waals surface area contributed by atoms with Crippen LogP contribution in [-0.4, -0.2) is 22.6 Å². The maximum absolute atomic E-state index is 12.8. The molecule has 2 aromatic heterocycles. The Balaban J connectivity index is 2.09. The van der Waals surface area contributed by atoms with Crippen molar-refractivity contribution in [3.63, 3.8) is 0 Å². The predicted octanol–water partition coefficient (Wildman–Crippen LogP) is 1.62. The van der Waals surface area contributed by atoms with Gasteiger partial charge in [0.25, 0.3) is 5.56 Å². The summed E-state index contributed by atoms with van der Waals surface area (Å²) >= 11 is 1.51. The minimum Gasteiger partial charge on any atom is -0.317 e. The first kappa shape index (κ1) is 14.5. The van der Waals surface area contributed by atoms with Gasteiger partial charge in [0.05, 0.1) is 5.39 Å². The first-order chi connectivity index (χ1) is 10.1. The Morgan fingerprint density at radius 1 is 1.29 bits per heavy atom. The molecular weight excluding hydrogens is 286 g/mol. The zero-order valence-corrected chi connectivity index (χ0v) is 13.3. The quantitative estimate of drug-likeness (QED) is 0.905. The van der Waals surface area contributed by atoms with Crippen molar-refractivity contribution in [2.75, 3.05) is 13.1 Å². The standard InChI is InChI=1S/C15H21N3O2S/c1-3-11-9(2)21-13-12(11)14(19)18(15(20)17-13)8-10-4-6-16-7-5-10/h10,16H,3-8H2,1-2H3,(H,17,20). The number of thiophene rings is 1. The van der Waals surface area contributed by atoms with Gasteiger partial charge in [0.2, 0.25) is 0 Å². The molecule has 5 nitrogen and oxygen atoms in total. The summed E-state index contributed by atoms with van der Waals surface area (Å²) in [7, 11) is 0. The molecule has 0 spiro atoms. The number of hydrogen-bond acceptors (Lipinski definition) is 4. The van der Waals surface area contributed by atoms with Crippen molar-refractivity contribution < 1.29 is 0 Å². The number of nitrogens with zero attached hydrogens (tertiary/aromatic N) is 1. The number of fused-ring (bicyclic) bond motifs is 1. The second-order valence-corrected chi connectivity index (χ2v) is 6.96. The Kier molecular flexibility index (Phi) is 3.99. The van der Waals surface area contributed by atoms with Crippen molar-refractivity contribution in [1.82, 2.24) is 14.9 Å².